The van der Waals surface area contributed by atoms with Crippen molar-refractivity contribution in [3.8, 4) is 28.7 Å². The first-order valence-electron chi connectivity index (χ1n) is 14.5. The molecule has 2 aliphatic rings. The van der Waals surface area contributed by atoms with Gasteiger partial charge in [0, 0.05) is 30.3 Å². The van der Waals surface area contributed by atoms with Crippen molar-refractivity contribution in [2.45, 2.75) is 50.9 Å². The van der Waals surface area contributed by atoms with Crippen molar-refractivity contribution >= 4 is 27.4 Å². The second-order valence-electron chi connectivity index (χ2n) is 11.3. The summed E-state index contributed by atoms with van der Waals surface area (Å²) in [5.74, 6) is 2.37. The average molecular weight is 622 g/mol. The van der Waals surface area contributed by atoms with E-state index in [1.165, 1.54) is 6.33 Å². The molecule has 1 aromatic carbocycles. The van der Waals surface area contributed by atoms with E-state index >= 15 is 0 Å². The third-order valence-electron chi connectivity index (χ3n) is 8.04. The number of halogens is 3. The Bertz CT molecular complexity index is 1820. The van der Waals surface area contributed by atoms with Gasteiger partial charge in [0.2, 0.25) is 5.88 Å². The van der Waals surface area contributed by atoms with E-state index in [1.54, 1.807) is 23.0 Å². The molecule has 44 heavy (non-hydrogen) atoms. The molecular formula is C31H30F3N7O2S. The minimum Gasteiger partial charge on any atom is -0.480 e. The Morgan fingerprint density at radius 3 is 2.55 bits per heavy atom. The zero-order valence-electron chi connectivity index (χ0n) is 24.4. The first kappa shape index (κ1) is 28.7. The molecule has 0 amide bonds. The molecule has 13 heteroatoms. The molecule has 1 saturated carbocycles. The lowest BCUT2D eigenvalue weighted by molar-refractivity contribution is -0.140. The number of rotatable bonds is 7. The van der Waals surface area contributed by atoms with E-state index in [4.69, 9.17) is 19.4 Å². The Morgan fingerprint density at radius 2 is 1.84 bits per heavy atom. The van der Waals surface area contributed by atoms with Crippen LogP contribution >= 0.6 is 11.3 Å². The molecule has 2 fully saturated rings. The number of morpholine rings is 1. The molecule has 0 bridgehead atoms. The number of hydrogen-bond donors (Lipinski definition) is 0. The van der Waals surface area contributed by atoms with Gasteiger partial charge in [0.15, 0.2) is 17.3 Å². The highest BCUT2D eigenvalue weighted by Crippen LogP contribution is 2.46. The van der Waals surface area contributed by atoms with Gasteiger partial charge in [-0.15, -0.1) is 11.3 Å². The van der Waals surface area contributed by atoms with Crippen molar-refractivity contribution in [1.29, 1.82) is 0 Å². The van der Waals surface area contributed by atoms with E-state index in [0.717, 1.165) is 51.9 Å². The zero-order valence-corrected chi connectivity index (χ0v) is 25.2. The maximum absolute atomic E-state index is 13.5. The lowest BCUT2D eigenvalue weighted by Crippen LogP contribution is -2.40. The molecule has 9 nitrogen and oxygen atoms in total. The van der Waals surface area contributed by atoms with E-state index in [0.29, 0.717) is 42.9 Å². The Hall–Kier alpha value is -4.10. The molecule has 5 heterocycles. The molecular weight excluding hydrogens is 591 g/mol. The van der Waals surface area contributed by atoms with E-state index < -0.39 is 11.9 Å². The summed E-state index contributed by atoms with van der Waals surface area (Å²) < 4.78 is 54.5. The van der Waals surface area contributed by atoms with Gasteiger partial charge in [0.05, 0.1) is 42.3 Å². The lowest BCUT2D eigenvalue weighted by atomic mass is 10.0. The van der Waals surface area contributed by atoms with E-state index in [1.807, 2.05) is 49.6 Å². The van der Waals surface area contributed by atoms with Crippen molar-refractivity contribution in [2.75, 3.05) is 31.8 Å². The molecule has 7 rings (SSSR count). The van der Waals surface area contributed by atoms with Crippen LogP contribution in [0.15, 0.2) is 48.2 Å². The Morgan fingerprint density at radius 1 is 1.05 bits per heavy atom. The third-order valence-corrected chi connectivity index (χ3v) is 8.94. The van der Waals surface area contributed by atoms with Crippen molar-refractivity contribution in [3.05, 3.63) is 65.2 Å². The number of methoxy groups -OCH3 is 1. The van der Waals surface area contributed by atoms with Gasteiger partial charge in [-0.2, -0.15) is 13.2 Å². The van der Waals surface area contributed by atoms with Gasteiger partial charge in [-0.25, -0.2) is 24.9 Å². The number of benzene rings is 1. The lowest BCUT2D eigenvalue weighted by Gasteiger charge is -2.37. The first-order valence-corrected chi connectivity index (χ1v) is 15.4. The highest BCUT2D eigenvalue weighted by Gasteiger charge is 2.36. The van der Waals surface area contributed by atoms with Crippen LogP contribution < -0.4 is 9.64 Å². The molecule has 0 N–H and O–H groups in total. The zero-order chi connectivity index (χ0) is 30.6. The summed E-state index contributed by atoms with van der Waals surface area (Å²) in [4.78, 5) is 25.2. The molecule has 1 atom stereocenters. The van der Waals surface area contributed by atoms with Crippen molar-refractivity contribution in [3.63, 3.8) is 0 Å². The van der Waals surface area contributed by atoms with Crippen LogP contribution in [0.2, 0.25) is 0 Å². The molecule has 1 unspecified atom stereocenters. The van der Waals surface area contributed by atoms with Gasteiger partial charge in [0.1, 0.15) is 17.7 Å². The third kappa shape index (κ3) is 5.17. The van der Waals surface area contributed by atoms with Crippen LogP contribution in [-0.2, 0) is 10.9 Å². The highest BCUT2D eigenvalue weighted by molar-refractivity contribution is 7.17. The fraction of sp³-hybridized carbons (Fsp3) is 0.387. The SMILES string of the molecule is COc1ncnc(C2CC2)c1-c1nc(N2CCOCC2c2ccc(-c3nc(C(F)(F)F)cn3C(C)C)cc2)c2sccc2n1. The minimum absolute atomic E-state index is 0.182. The minimum atomic E-state index is -4.52. The number of anilines is 1. The molecule has 4 aromatic heterocycles. The van der Waals surface area contributed by atoms with Crippen LogP contribution in [0.1, 0.15) is 61.6 Å². The number of hydrogen-bond acceptors (Lipinski definition) is 9. The van der Waals surface area contributed by atoms with Crippen LogP contribution in [0, 0.1) is 0 Å². The molecule has 0 radical (unpaired) electrons. The van der Waals surface area contributed by atoms with Gasteiger partial charge >= 0.3 is 6.18 Å². The van der Waals surface area contributed by atoms with Crippen molar-refractivity contribution in [2.24, 2.45) is 0 Å². The second-order valence-corrected chi connectivity index (χ2v) is 12.2. The van der Waals surface area contributed by atoms with E-state index in [9.17, 15) is 13.2 Å². The summed E-state index contributed by atoms with van der Waals surface area (Å²) in [6.07, 6.45) is 0.187. The van der Waals surface area contributed by atoms with E-state index in [-0.39, 0.29) is 17.9 Å². The summed E-state index contributed by atoms with van der Waals surface area (Å²) in [6, 6.07) is 9.12. The summed E-state index contributed by atoms with van der Waals surface area (Å²) in [7, 11) is 1.59. The second kappa shape index (κ2) is 11.1. The maximum atomic E-state index is 13.5. The van der Waals surface area contributed by atoms with Crippen molar-refractivity contribution < 1.29 is 22.6 Å². The first-order chi connectivity index (χ1) is 21.2. The van der Waals surface area contributed by atoms with Crippen LogP contribution in [0.25, 0.3) is 33.0 Å². The predicted octanol–water partition coefficient (Wildman–Crippen LogP) is 7.08. The monoisotopic (exact) mass is 621 g/mol. The normalized spacial score (nSPS) is 17.5. The number of imidazole rings is 1. The van der Waals surface area contributed by atoms with Crippen LogP contribution in [0.3, 0.4) is 0 Å². The summed E-state index contributed by atoms with van der Waals surface area (Å²) >= 11 is 1.58. The van der Waals surface area contributed by atoms with Crippen LogP contribution in [0.4, 0.5) is 19.0 Å². The fourth-order valence-electron chi connectivity index (χ4n) is 5.69. The van der Waals surface area contributed by atoms with Gasteiger partial charge in [-0.05, 0) is 43.7 Å². The number of fused-ring (bicyclic) bond motifs is 1. The molecule has 5 aromatic rings. The Balaban J connectivity index is 1.28. The molecule has 1 aliphatic heterocycles. The topological polar surface area (TPSA) is 91.1 Å². The van der Waals surface area contributed by atoms with Crippen LogP contribution in [0.5, 0.6) is 5.88 Å². The number of thiophene rings is 1. The summed E-state index contributed by atoms with van der Waals surface area (Å²) in [5.41, 5.74) is 3.11. The van der Waals surface area contributed by atoms with E-state index in [2.05, 4.69) is 19.9 Å². The Labute approximate surface area is 255 Å². The molecule has 0 spiro atoms. The quantitative estimate of drug-likeness (QED) is 0.191. The molecule has 228 valence electrons. The predicted molar refractivity (Wildman–Crippen MR) is 161 cm³/mol. The van der Waals surface area contributed by atoms with Crippen LogP contribution in [-0.4, -0.2) is 56.4 Å². The van der Waals surface area contributed by atoms with Gasteiger partial charge in [-0.1, -0.05) is 24.3 Å². The van der Waals surface area contributed by atoms with Gasteiger partial charge in [-0.3, -0.25) is 0 Å². The highest BCUT2D eigenvalue weighted by atomic mass is 32.1. The number of aromatic nitrogens is 6. The van der Waals surface area contributed by atoms with Crippen molar-refractivity contribution in [1.82, 2.24) is 29.5 Å². The smallest absolute Gasteiger partial charge is 0.434 e. The number of alkyl halides is 3. The number of ether oxygens (including phenoxy) is 2. The largest absolute Gasteiger partial charge is 0.480 e. The Kier molecular flexibility index (Phi) is 7.24. The molecule has 1 aliphatic carbocycles. The summed E-state index contributed by atoms with van der Waals surface area (Å²) in [6.45, 7) is 5.22. The van der Waals surface area contributed by atoms with Gasteiger partial charge in [0.25, 0.3) is 0 Å². The fourth-order valence-corrected chi connectivity index (χ4v) is 6.53. The average Bonchev–Trinajstić information content (AvgIpc) is 3.57. The maximum Gasteiger partial charge on any atom is 0.434 e. The van der Waals surface area contributed by atoms with Gasteiger partial charge < -0.3 is 18.9 Å². The standard InChI is InChI=1S/C31H30F3N7O2S/c1-17(2)41-14-23(31(32,33)34)38-28(41)20-8-4-18(5-9-20)22-15-43-12-11-40(22)29-26-21(10-13-44-26)37-27(39-29)24-25(19-6-7-19)35-16-36-30(24)42-3/h4-5,8-10,13-14,16-17,19,22H,6-7,11-12,15H2,1-3H3. The summed E-state index contributed by atoms with van der Waals surface area (Å²) in [5, 5.41) is 2.00. The molecule has 1 saturated heterocycles. The number of nitrogens with zero attached hydrogens (tertiary/aromatic N) is 7.